The smallest absolute Gasteiger partial charge is 0.178 e. The molecule has 0 N–H and O–H groups in total. The van der Waals surface area contributed by atoms with E-state index in [0.29, 0.717) is 0 Å². The number of fused-ring (bicyclic) bond motifs is 11. The Labute approximate surface area is 160 Å². The molecule has 0 aliphatic heterocycles. The molecule has 0 fully saturated rings. The zero-order chi connectivity index (χ0) is 18.2. The van der Waals surface area contributed by atoms with Crippen molar-refractivity contribution in [3.05, 3.63) is 84.2 Å². The molecule has 130 valence electrons. The summed E-state index contributed by atoms with van der Waals surface area (Å²) >= 11 is 0. The molecule has 0 bridgehead atoms. The average Bonchev–Trinajstić information content (AvgIpc) is 3.31. The van der Waals surface area contributed by atoms with Crippen LogP contribution in [0, 0.1) is 0 Å². The summed E-state index contributed by atoms with van der Waals surface area (Å²) in [6.45, 7) is 0. The monoisotopic (exact) mass is 358 g/mol. The lowest BCUT2D eigenvalue weighted by Gasteiger charge is -2.10. The fraction of sp³-hybridized carbons (Fsp3) is 0.0417. The van der Waals surface area contributed by atoms with Crippen LogP contribution < -0.4 is 0 Å². The molecule has 7 rings (SSSR count). The van der Waals surface area contributed by atoms with Gasteiger partial charge < -0.3 is 0 Å². The molecule has 4 heteroatoms. The van der Waals surface area contributed by atoms with Crippen molar-refractivity contribution in [3.8, 4) is 11.1 Å². The number of hydrogen-bond acceptors (Lipinski definition) is 3. The Morgan fingerprint density at radius 2 is 1.57 bits per heavy atom. The minimum atomic E-state index is 0.768. The van der Waals surface area contributed by atoms with Crippen molar-refractivity contribution in [1.29, 1.82) is 0 Å². The molecule has 2 aromatic carbocycles. The van der Waals surface area contributed by atoms with Gasteiger partial charge in [-0.05, 0) is 65.1 Å². The Balaban J connectivity index is 1.74. The summed E-state index contributed by atoms with van der Waals surface area (Å²) in [4.78, 5) is 14.1. The average molecular weight is 358 g/mol. The maximum Gasteiger partial charge on any atom is 0.178 e. The number of nitrogens with zero attached hydrogens (tertiary/aromatic N) is 4. The van der Waals surface area contributed by atoms with E-state index in [1.165, 1.54) is 22.3 Å². The van der Waals surface area contributed by atoms with Gasteiger partial charge in [0.15, 0.2) is 5.65 Å². The van der Waals surface area contributed by atoms with Crippen LogP contribution in [0.2, 0.25) is 0 Å². The van der Waals surface area contributed by atoms with Crippen molar-refractivity contribution >= 4 is 38.6 Å². The van der Waals surface area contributed by atoms with Crippen molar-refractivity contribution in [1.82, 2.24) is 19.4 Å². The molecule has 0 spiro atoms. The third kappa shape index (κ3) is 1.68. The lowest BCUT2D eigenvalue weighted by molar-refractivity contribution is 1.26. The van der Waals surface area contributed by atoms with E-state index >= 15 is 0 Å². The molecule has 4 heterocycles. The summed E-state index contributed by atoms with van der Waals surface area (Å²) in [7, 11) is 0. The first kappa shape index (κ1) is 14.3. The van der Waals surface area contributed by atoms with Crippen molar-refractivity contribution in [2.75, 3.05) is 0 Å². The van der Waals surface area contributed by atoms with Gasteiger partial charge >= 0.3 is 0 Å². The Morgan fingerprint density at radius 1 is 0.714 bits per heavy atom. The number of hydrogen-bond donors (Lipinski definition) is 0. The van der Waals surface area contributed by atoms with Crippen LogP contribution in [0.25, 0.3) is 49.7 Å². The molecular formula is C24H14N4. The van der Waals surface area contributed by atoms with Crippen LogP contribution in [-0.2, 0) is 6.42 Å². The predicted molar refractivity (Wildman–Crippen MR) is 112 cm³/mol. The van der Waals surface area contributed by atoms with Gasteiger partial charge in [0.05, 0.1) is 16.6 Å². The fourth-order valence-corrected chi connectivity index (χ4v) is 4.69. The van der Waals surface area contributed by atoms with E-state index in [2.05, 4.69) is 57.9 Å². The first-order chi connectivity index (χ1) is 13.9. The fourth-order valence-electron chi connectivity index (χ4n) is 4.69. The third-order valence-electron chi connectivity index (χ3n) is 5.89. The van der Waals surface area contributed by atoms with Crippen molar-refractivity contribution < 1.29 is 0 Å². The lowest BCUT2D eigenvalue weighted by Crippen LogP contribution is -1.94. The molecule has 0 saturated carbocycles. The highest BCUT2D eigenvalue weighted by Crippen LogP contribution is 2.41. The zero-order valence-corrected chi connectivity index (χ0v) is 14.9. The predicted octanol–water partition coefficient (Wildman–Crippen LogP) is 5.16. The Bertz CT molecular complexity index is 1590. The maximum atomic E-state index is 4.89. The SMILES string of the molecule is c1ccc2c(c1)Cc1cc3c(cc1-2)c1ncccc1n1c2cccnc2nc31. The van der Waals surface area contributed by atoms with Crippen LogP contribution in [0.1, 0.15) is 11.1 Å². The summed E-state index contributed by atoms with van der Waals surface area (Å²) in [5, 5.41) is 2.28. The summed E-state index contributed by atoms with van der Waals surface area (Å²) in [6, 6.07) is 21.4. The van der Waals surface area contributed by atoms with Crippen LogP contribution in [0.5, 0.6) is 0 Å². The molecule has 0 amide bonds. The van der Waals surface area contributed by atoms with Gasteiger partial charge in [0.1, 0.15) is 5.65 Å². The third-order valence-corrected chi connectivity index (χ3v) is 5.89. The number of imidazole rings is 1. The van der Waals surface area contributed by atoms with Crippen molar-refractivity contribution in [3.63, 3.8) is 0 Å². The van der Waals surface area contributed by atoms with Crippen molar-refractivity contribution in [2.24, 2.45) is 0 Å². The second kappa shape index (κ2) is 4.93. The first-order valence-electron chi connectivity index (χ1n) is 9.43. The van der Waals surface area contributed by atoms with E-state index in [4.69, 9.17) is 9.97 Å². The van der Waals surface area contributed by atoms with E-state index in [9.17, 15) is 0 Å². The zero-order valence-electron chi connectivity index (χ0n) is 14.9. The van der Waals surface area contributed by atoms with Crippen LogP contribution in [-0.4, -0.2) is 19.4 Å². The van der Waals surface area contributed by atoms with Gasteiger partial charge in [-0.2, -0.15) is 0 Å². The molecule has 1 aliphatic rings. The highest BCUT2D eigenvalue weighted by Gasteiger charge is 2.22. The minimum Gasteiger partial charge on any atom is -0.288 e. The van der Waals surface area contributed by atoms with E-state index < -0.39 is 0 Å². The molecule has 0 unspecified atom stereocenters. The Hall–Kier alpha value is -3.79. The second-order valence-electron chi connectivity index (χ2n) is 7.38. The topological polar surface area (TPSA) is 43.1 Å². The second-order valence-corrected chi connectivity index (χ2v) is 7.38. The van der Waals surface area contributed by atoms with Crippen LogP contribution in [0.15, 0.2) is 73.1 Å². The number of pyridine rings is 3. The van der Waals surface area contributed by atoms with Gasteiger partial charge in [0.2, 0.25) is 0 Å². The van der Waals surface area contributed by atoms with Gasteiger partial charge in [-0.15, -0.1) is 0 Å². The van der Waals surface area contributed by atoms with Gasteiger partial charge in [0.25, 0.3) is 0 Å². The minimum absolute atomic E-state index is 0.768. The van der Waals surface area contributed by atoms with E-state index in [1.807, 2.05) is 18.3 Å². The summed E-state index contributed by atoms with van der Waals surface area (Å²) in [5.41, 5.74) is 10.2. The largest absolute Gasteiger partial charge is 0.288 e. The molecule has 28 heavy (non-hydrogen) atoms. The standard InChI is InChI=1S/C24H14N4/c1-2-6-16-14(5-1)11-15-12-19-18(13-17(15)16)22-20(7-3-9-25-22)28-21-8-4-10-26-23(21)27-24(19)28/h1-10,12-13H,11H2. The quantitative estimate of drug-likeness (QED) is 0.352. The molecular weight excluding hydrogens is 344 g/mol. The molecule has 0 radical (unpaired) electrons. The molecule has 4 aromatic heterocycles. The normalized spacial score (nSPS) is 12.9. The van der Waals surface area contributed by atoms with Gasteiger partial charge in [-0.25, -0.2) is 9.97 Å². The lowest BCUT2D eigenvalue weighted by atomic mass is 10.00. The highest BCUT2D eigenvalue weighted by atomic mass is 15.1. The van der Waals surface area contributed by atoms with Crippen molar-refractivity contribution in [2.45, 2.75) is 6.42 Å². The maximum absolute atomic E-state index is 4.89. The van der Waals surface area contributed by atoms with Crippen LogP contribution in [0.3, 0.4) is 0 Å². The molecule has 0 saturated heterocycles. The summed E-state index contributed by atoms with van der Waals surface area (Å²) < 4.78 is 2.20. The summed E-state index contributed by atoms with van der Waals surface area (Å²) in [6.07, 6.45) is 4.63. The van der Waals surface area contributed by atoms with E-state index in [-0.39, 0.29) is 0 Å². The number of aromatic nitrogens is 4. The van der Waals surface area contributed by atoms with Crippen LogP contribution in [0.4, 0.5) is 0 Å². The van der Waals surface area contributed by atoms with E-state index in [0.717, 1.165) is 45.0 Å². The summed E-state index contributed by atoms with van der Waals surface area (Å²) in [5.74, 6) is 0. The van der Waals surface area contributed by atoms with Gasteiger partial charge in [-0.3, -0.25) is 9.38 Å². The Morgan fingerprint density at radius 3 is 2.54 bits per heavy atom. The number of benzene rings is 2. The highest BCUT2D eigenvalue weighted by molar-refractivity contribution is 6.13. The van der Waals surface area contributed by atoms with Crippen LogP contribution >= 0.6 is 0 Å². The molecule has 0 atom stereocenters. The van der Waals surface area contributed by atoms with Gasteiger partial charge in [0, 0.05) is 23.2 Å². The van der Waals surface area contributed by atoms with E-state index in [1.54, 1.807) is 6.20 Å². The Kier molecular flexibility index (Phi) is 2.51. The molecule has 6 aromatic rings. The molecule has 4 nitrogen and oxygen atoms in total. The molecule has 1 aliphatic carbocycles. The first-order valence-corrected chi connectivity index (χ1v) is 9.43. The number of rotatable bonds is 0. The van der Waals surface area contributed by atoms with Gasteiger partial charge in [-0.1, -0.05) is 24.3 Å².